The Morgan fingerprint density at radius 1 is 1.00 bits per heavy atom. The average molecular weight is 399 g/mol. The third-order valence-corrected chi connectivity index (χ3v) is 5.31. The van der Waals surface area contributed by atoms with Crippen molar-refractivity contribution in [2.75, 3.05) is 0 Å². The largest absolute Gasteiger partial charge is 0.484 e. The number of aryl methyl sites for hydroxylation is 1. The van der Waals surface area contributed by atoms with Crippen LogP contribution in [0.25, 0.3) is 11.1 Å². The van der Waals surface area contributed by atoms with Gasteiger partial charge in [-0.25, -0.2) is 4.79 Å². The van der Waals surface area contributed by atoms with Crippen LogP contribution >= 0.6 is 23.2 Å². The highest BCUT2D eigenvalue weighted by Crippen LogP contribution is 2.39. The van der Waals surface area contributed by atoms with E-state index in [9.17, 15) is 9.90 Å². The summed E-state index contributed by atoms with van der Waals surface area (Å²) >= 11 is 12.2. The van der Waals surface area contributed by atoms with Crippen LogP contribution in [0.5, 0.6) is 5.75 Å². The average Bonchev–Trinajstić information content (AvgIpc) is 3.06. The third kappa shape index (κ3) is 3.66. The molecule has 0 radical (unpaired) electrons. The van der Waals surface area contributed by atoms with E-state index in [2.05, 4.69) is 12.1 Å². The molecule has 1 N–H and O–H groups in total. The van der Waals surface area contributed by atoms with E-state index in [4.69, 9.17) is 27.9 Å². The van der Waals surface area contributed by atoms with Gasteiger partial charge in [0.15, 0.2) is 0 Å². The van der Waals surface area contributed by atoms with Crippen molar-refractivity contribution in [2.24, 2.45) is 0 Å². The molecule has 0 bridgehead atoms. The first-order chi connectivity index (χ1) is 13.0. The van der Waals surface area contributed by atoms with Gasteiger partial charge in [-0.2, -0.15) is 0 Å². The summed E-state index contributed by atoms with van der Waals surface area (Å²) in [7, 11) is 0. The van der Waals surface area contributed by atoms with Gasteiger partial charge in [-0.15, -0.1) is 0 Å². The second kappa shape index (κ2) is 7.26. The molecule has 0 heterocycles. The number of benzene rings is 3. The van der Waals surface area contributed by atoms with Gasteiger partial charge in [0.25, 0.3) is 0 Å². The Bertz CT molecular complexity index is 1030. The number of fused-ring (bicyclic) bond motifs is 1. The second-order valence-electron chi connectivity index (χ2n) is 6.52. The van der Waals surface area contributed by atoms with Crippen LogP contribution in [0.2, 0.25) is 10.0 Å². The van der Waals surface area contributed by atoms with Gasteiger partial charge < -0.3 is 9.84 Å². The van der Waals surface area contributed by atoms with Gasteiger partial charge in [0.2, 0.25) is 0 Å². The highest BCUT2D eigenvalue weighted by Gasteiger charge is 2.25. The fraction of sp³-hybridized carbons (Fsp3) is 0.136. The predicted molar refractivity (Wildman–Crippen MR) is 107 cm³/mol. The lowest BCUT2D eigenvalue weighted by Gasteiger charge is -2.17. The third-order valence-electron chi connectivity index (χ3n) is 4.77. The van der Waals surface area contributed by atoms with E-state index in [1.54, 1.807) is 36.4 Å². The zero-order valence-corrected chi connectivity index (χ0v) is 15.8. The summed E-state index contributed by atoms with van der Waals surface area (Å²) in [5, 5.41) is 10.3. The van der Waals surface area contributed by atoms with Crippen LogP contribution < -0.4 is 4.74 Å². The van der Waals surface area contributed by atoms with Gasteiger partial charge in [-0.3, -0.25) is 0 Å². The molecule has 0 amide bonds. The Hall–Kier alpha value is -2.49. The molecular formula is C22H16Cl2O3. The number of ether oxygens (including phenoxy) is 1. The van der Waals surface area contributed by atoms with Crippen molar-refractivity contribution in [3.05, 3.63) is 87.4 Å². The first kappa shape index (κ1) is 17.9. The van der Waals surface area contributed by atoms with Crippen molar-refractivity contribution in [3.8, 4) is 16.9 Å². The molecule has 136 valence electrons. The van der Waals surface area contributed by atoms with Crippen LogP contribution in [-0.4, -0.2) is 11.1 Å². The van der Waals surface area contributed by atoms with Crippen LogP contribution in [-0.2, 0) is 6.42 Å². The summed E-state index contributed by atoms with van der Waals surface area (Å²) in [5.41, 5.74) is 4.46. The van der Waals surface area contributed by atoms with Gasteiger partial charge in [0.1, 0.15) is 11.9 Å². The molecular weight excluding hydrogens is 383 g/mol. The van der Waals surface area contributed by atoms with Crippen molar-refractivity contribution in [1.82, 2.24) is 0 Å². The molecule has 5 heteroatoms. The van der Waals surface area contributed by atoms with Crippen LogP contribution in [0.1, 0.15) is 34.0 Å². The Morgan fingerprint density at radius 3 is 2.59 bits per heavy atom. The number of aromatic carboxylic acids is 1. The van der Waals surface area contributed by atoms with Gasteiger partial charge in [0.05, 0.1) is 10.6 Å². The molecule has 1 aliphatic rings. The SMILES string of the molecule is O=C(O)c1cccc(-c2ccc3c(c2)C(Oc2ccc(Cl)cc2Cl)CC3)c1. The Morgan fingerprint density at radius 2 is 1.81 bits per heavy atom. The number of halogens is 2. The van der Waals surface area contributed by atoms with Gasteiger partial charge in [-0.05, 0) is 71.5 Å². The molecule has 1 atom stereocenters. The van der Waals surface area contributed by atoms with Crippen molar-refractivity contribution < 1.29 is 14.6 Å². The molecule has 0 aromatic heterocycles. The fourth-order valence-corrected chi connectivity index (χ4v) is 3.88. The smallest absolute Gasteiger partial charge is 0.335 e. The van der Waals surface area contributed by atoms with Gasteiger partial charge in [0, 0.05) is 5.02 Å². The lowest BCUT2D eigenvalue weighted by Crippen LogP contribution is -2.04. The van der Waals surface area contributed by atoms with Gasteiger partial charge >= 0.3 is 5.97 Å². The summed E-state index contributed by atoms with van der Waals surface area (Å²) in [5.74, 6) is -0.325. The topological polar surface area (TPSA) is 46.5 Å². The molecule has 4 rings (SSSR count). The molecule has 1 unspecified atom stereocenters. The maximum atomic E-state index is 11.2. The highest BCUT2D eigenvalue weighted by molar-refractivity contribution is 6.35. The van der Waals surface area contributed by atoms with E-state index >= 15 is 0 Å². The predicted octanol–water partition coefficient (Wildman–Crippen LogP) is 6.42. The number of hydrogen-bond acceptors (Lipinski definition) is 2. The van der Waals surface area contributed by atoms with E-state index in [1.807, 2.05) is 12.1 Å². The monoisotopic (exact) mass is 398 g/mol. The number of carboxylic acid groups (broad SMARTS) is 1. The van der Waals surface area contributed by atoms with Crippen molar-refractivity contribution >= 4 is 29.2 Å². The maximum Gasteiger partial charge on any atom is 0.335 e. The first-order valence-electron chi connectivity index (χ1n) is 8.59. The molecule has 27 heavy (non-hydrogen) atoms. The summed E-state index contributed by atoms with van der Waals surface area (Å²) in [6.45, 7) is 0. The normalized spacial score (nSPS) is 15.4. The van der Waals surface area contributed by atoms with E-state index in [1.165, 1.54) is 5.56 Å². The van der Waals surface area contributed by atoms with Crippen LogP contribution in [0, 0.1) is 0 Å². The molecule has 0 aliphatic heterocycles. The number of rotatable bonds is 4. The highest BCUT2D eigenvalue weighted by atomic mass is 35.5. The van der Waals surface area contributed by atoms with E-state index < -0.39 is 5.97 Å². The Balaban J connectivity index is 1.66. The van der Waals surface area contributed by atoms with Crippen LogP contribution in [0.3, 0.4) is 0 Å². The fourth-order valence-electron chi connectivity index (χ4n) is 3.42. The molecule has 0 saturated heterocycles. The van der Waals surface area contributed by atoms with Gasteiger partial charge in [-0.1, -0.05) is 47.5 Å². The zero-order valence-electron chi connectivity index (χ0n) is 14.3. The molecule has 0 fully saturated rings. The molecule has 0 spiro atoms. The molecule has 3 aromatic rings. The summed E-state index contributed by atoms with van der Waals surface area (Å²) in [4.78, 5) is 11.2. The lowest BCUT2D eigenvalue weighted by atomic mass is 9.98. The van der Waals surface area contributed by atoms with Crippen LogP contribution in [0.15, 0.2) is 60.7 Å². The Labute approximate surface area is 167 Å². The number of carbonyl (C=O) groups is 1. The first-order valence-corrected chi connectivity index (χ1v) is 9.35. The van der Waals surface area contributed by atoms with Crippen LogP contribution in [0.4, 0.5) is 0 Å². The zero-order chi connectivity index (χ0) is 19.0. The molecule has 0 saturated carbocycles. The minimum absolute atomic E-state index is 0.0960. The Kier molecular flexibility index (Phi) is 4.81. The standard InChI is InChI=1S/C22H16Cl2O3/c23-17-7-9-21(19(24)12-17)27-20-8-6-13-4-5-15(11-18(13)20)14-2-1-3-16(10-14)22(25)26/h1-5,7,9-12,20H,6,8H2,(H,25,26). The number of hydrogen-bond donors (Lipinski definition) is 1. The quantitative estimate of drug-likeness (QED) is 0.550. The molecule has 3 nitrogen and oxygen atoms in total. The van der Waals surface area contributed by atoms with Crippen molar-refractivity contribution in [1.29, 1.82) is 0 Å². The number of carboxylic acids is 1. The summed E-state index contributed by atoms with van der Waals surface area (Å²) < 4.78 is 6.16. The van der Waals surface area contributed by atoms with E-state index in [0.717, 1.165) is 29.5 Å². The summed E-state index contributed by atoms with van der Waals surface area (Å²) in [6.07, 6.45) is 1.70. The second-order valence-corrected chi connectivity index (χ2v) is 7.36. The van der Waals surface area contributed by atoms with E-state index in [-0.39, 0.29) is 11.7 Å². The minimum Gasteiger partial charge on any atom is -0.484 e. The lowest BCUT2D eigenvalue weighted by molar-refractivity contribution is 0.0697. The molecule has 1 aliphatic carbocycles. The minimum atomic E-state index is -0.934. The molecule has 3 aromatic carbocycles. The van der Waals surface area contributed by atoms with Crippen molar-refractivity contribution in [3.63, 3.8) is 0 Å². The summed E-state index contributed by atoms with van der Waals surface area (Å²) in [6, 6.07) is 18.3. The van der Waals surface area contributed by atoms with E-state index in [0.29, 0.717) is 15.8 Å². The van der Waals surface area contributed by atoms with Crippen molar-refractivity contribution in [2.45, 2.75) is 18.9 Å². The maximum absolute atomic E-state index is 11.2.